The highest BCUT2D eigenvalue weighted by Gasteiger charge is 2.07. The van der Waals surface area contributed by atoms with Gasteiger partial charge in [0.25, 0.3) is 0 Å². The number of ether oxygens (including phenoxy) is 1. The Morgan fingerprint density at radius 1 is 1.10 bits per heavy atom. The molecular weight excluding hydrogens is 253 g/mol. The molecule has 2 aromatic carbocycles. The normalized spacial score (nSPS) is 10.9. The van der Waals surface area contributed by atoms with Gasteiger partial charge in [-0.3, -0.25) is 0 Å². The van der Waals surface area contributed by atoms with Crippen molar-refractivity contribution < 1.29 is 9.13 Å². The first-order valence-corrected chi connectivity index (χ1v) is 6.57. The third-order valence-corrected chi connectivity index (χ3v) is 3.60. The molecule has 20 heavy (non-hydrogen) atoms. The molecule has 0 saturated carbocycles. The van der Waals surface area contributed by atoms with Crippen molar-refractivity contribution in [1.29, 1.82) is 0 Å². The Labute approximate surface area is 117 Å². The first-order chi connectivity index (χ1) is 9.65. The average Bonchev–Trinajstić information content (AvgIpc) is 2.77. The van der Waals surface area contributed by atoms with Crippen LogP contribution in [-0.4, -0.2) is 4.57 Å². The second-order valence-electron chi connectivity index (χ2n) is 4.94. The zero-order valence-electron chi connectivity index (χ0n) is 11.6. The van der Waals surface area contributed by atoms with Crippen LogP contribution in [0.5, 0.6) is 5.75 Å². The SMILES string of the molecule is Cc1cccc2c1cc(COc1ccc(F)cc1)n2C. The number of hydrogen-bond acceptors (Lipinski definition) is 1. The number of aryl methyl sites for hydroxylation is 2. The van der Waals surface area contributed by atoms with Crippen molar-refractivity contribution in [3.8, 4) is 5.75 Å². The molecule has 3 rings (SSSR count). The number of fused-ring (bicyclic) bond motifs is 1. The molecule has 0 atom stereocenters. The maximum atomic E-state index is 12.8. The minimum Gasteiger partial charge on any atom is -0.487 e. The first kappa shape index (κ1) is 12.7. The van der Waals surface area contributed by atoms with E-state index in [1.807, 2.05) is 7.05 Å². The standard InChI is InChI=1S/C17H16FNO/c1-12-4-3-5-17-16(12)10-14(19(17)2)11-20-15-8-6-13(18)7-9-15/h3-10H,11H2,1-2H3. The summed E-state index contributed by atoms with van der Waals surface area (Å²) in [6.45, 7) is 2.57. The van der Waals surface area contributed by atoms with Gasteiger partial charge in [0.05, 0.1) is 5.69 Å². The number of halogens is 1. The summed E-state index contributed by atoms with van der Waals surface area (Å²) in [6, 6.07) is 14.5. The Morgan fingerprint density at radius 2 is 1.85 bits per heavy atom. The van der Waals surface area contributed by atoms with Crippen LogP contribution in [0.25, 0.3) is 10.9 Å². The van der Waals surface area contributed by atoms with Crippen LogP contribution in [-0.2, 0) is 13.7 Å². The molecule has 3 aromatic rings. The molecule has 0 aliphatic carbocycles. The van der Waals surface area contributed by atoms with Gasteiger partial charge in [0.2, 0.25) is 0 Å². The van der Waals surface area contributed by atoms with Gasteiger partial charge in [0.15, 0.2) is 0 Å². The summed E-state index contributed by atoms with van der Waals surface area (Å²) in [6.07, 6.45) is 0. The highest BCUT2D eigenvalue weighted by Crippen LogP contribution is 2.23. The van der Waals surface area contributed by atoms with Gasteiger partial charge in [0, 0.05) is 18.0 Å². The van der Waals surface area contributed by atoms with Crippen molar-refractivity contribution in [3.63, 3.8) is 0 Å². The average molecular weight is 269 g/mol. The predicted octanol–water partition coefficient (Wildman–Crippen LogP) is 4.20. The second kappa shape index (κ2) is 5.00. The summed E-state index contributed by atoms with van der Waals surface area (Å²) in [5.41, 5.74) is 3.55. The van der Waals surface area contributed by atoms with Crippen LogP contribution in [0.2, 0.25) is 0 Å². The summed E-state index contributed by atoms with van der Waals surface area (Å²) < 4.78 is 20.7. The maximum absolute atomic E-state index is 12.8. The lowest BCUT2D eigenvalue weighted by molar-refractivity contribution is 0.297. The fourth-order valence-electron chi connectivity index (χ4n) is 2.39. The van der Waals surface area contributed by atoms with Gasteiger partial charge in [-0.1, -0.05) is 12.1 Å². The van der Waals surface area contributed by atoms with Crippen molar-refractivity contribution in [2.75, 3.05) is 0 Å². The topological polar surface area (TPSA) is 14.2 Å². The quantitative estimate of drug-likeness (QED) is 0.695. The molecule has 1 heterocycles. The van der Waals surface area contributed by atoms with E-state index in [0.717, 1.165) is 5.69 Å². The molecule has 102 valence electrons. The van der Waals surface area contributed by atoms with Crippen molar-refractivity contribution in [1.82, 2.24) is 4.57 Å². The Morgan fingerprint density at radius 3 is 2.55 bits per heavy atom. The second-order valence-corrected chi connectivity index (χ2v) is 4.94. The molecule has 0 aliphatic heterocycles. The van der Waals surface area contributed by atoms with Gasteiger partial charge in [-0.2, -0.15) is 0 Å². The highest BCUT2D eigenvalue weighted by atomic mass is 19.1. The minimum atomic E-state index is -0.252. The van der Waals surface area contributed by atoms with E-state index in [1.165, 1.54) is 28.6 Å². The largest absolute Gasteiger partial charge is 0.487 e. The van der Waals surface area contributed by atoms with E-state index in [-0.39, 0.29) is 5.82 Å². The van der Waals surface area contributed by atoms with Gasteiger partial charge in [-0.25, -0.2) is 4.39 Å². The Bertz CT molecular complexity index is 744. The summed E-state index contributed by atoms with van der Waals surface area (Å²) >= 11 is 0. The van der Waals surface area contributed by atoms with Crippen LogP contribution in [0.1, 0.15) is 11.3 Å². The van der Waals surface area contributed by atoms with E-state index in [9.17, 15) is 4.39 Å². The molecule has 0 fully saturated rings. The van der Waals surface area contributed by atoms with Gasteiger partial charge in [-0.15, -0.1) is 0 Å². The third kappa shape index (κ3) is 2.27. The third-order valence-electron chi connectivity index (χ3n) is 3.60. The Balaban J connectivity index is 1.86. The fourth-order valence-corrected chi connectivity index (χ4v) is 2.39. The van der Waals surface area contributed by atoms with Crippen LogP contribution in [0.15, 0.2) is 48.5 Å². The molecule has 1 aromatic heterocycles. The molecular formula is C17H16FNO. The molecule has 0 N–H and O–H groups in total. The lowest BCUT2D eigenvalue weighted by atomic mass is 10.1. The smallest absolute Gasteiger partial charge is 0.128 e. The van der Waals surface area contributed by atoms with Crippen LogP contribution >= 0.6 is 0 Å². The van der Waals surface area contributed by atoms with Gasteiger partial charge < -0.3 is 9.30 Å². The van der Waals surface area contributed by atoms with E-state index in [2.05, 4.69) is 35.8 Å². The Hall–Kier alpha value is -2.29. The predicted molar refractivity (Wildman–Crippen MR) is 78.4 cm³/mol. The summed E-state index contributed by atoms with van der Waals surface area (Å²) in [7, 11) is 2.03. The zero-order chi connectivity index (χ0) is 14.1. The lowest BCUT2D eigenvalue weighted by Crippen LogP contribution is -2.01. The van der Waals surface area contributed by atoms with Gasteiger partial charge in [0.1, 0.15) is 18.2 Å². The van der Waals surface area contributed by atoms with E-state index >= 15 is 0 Å². The highest BCUT2D eigenvalue weighted by molar-refractivity contribution is 5.84. The molecule has 0 saturated heterocycles. The number of hydrogen-bond donors (Lipinski definition) is 0. The summed E-state index contributed by atoms with van der Waals surface area (Å²) in [4.78, 5) is 0. The minimum absolute atomic E-state index is 0.252. The van der Waals surface area contributed by atoms with E-state index in [4.69, 9.17) is 4.74 Å². The monoisotopic (exact) mass is 269 g/mol. The van der Waals surface area contributed by atoms with Crippen molar-refractivity contribution in [2.24, 2.45) is 7.05 Å². The number of rotatable bonds is 3. The van der Waals surface area contributed by atoms with Crippen molar-refractivity contribution >= 4 is 10.9 Å². The van der Waals surface area contributed by atoms with Gasteiger partial charge in [-0.05, 0) is 48.9 Å². The number of benzene rings is 2. The number of nitrogens with zero attached hydrogens (tertiary/aromatic N) is 1. The molecule has 2 nitrogen and oxygen atoms in total. The molecule has 0 unspecified atom stereocenters. The molecule has 0 aliphatic rings. The summed E-state index contributed by atoms with van der Waals surface area (Å²) in [5, 5.41) is 1.24. The van der Waals surface area contributed by atoms with E-state index in [1.54, 1.807) is 12.1 Å². The fraction of sp³-hybridized carbons (Fsp3) is 0.176. The van der Waals surface area contributed by atoms with Crippen LogP contribution in [0.3, 0.4) is 0 Å². The molecule has 0 spiro atoms. The molecule has 0 radical (unpaired) electrons. The zero-order valence-corrected chi connectivity index (χ0v) is 11.6. The molecule has 0 bridgehead atoms. The lowest BCUT2D eigenvalue weighted by Gasteiger charge is -2.07. The van der Waals surface area contributed by atoms with Crippen molar-refractivity contribution in [2.45, 2.75) is 13.5 Å². The van der Waals surface area contributed by atoms with Crippen LogP contribution < -0.4 is 4.74 Å². The van der Waals surface area contributed by atoms with Crippen LogP contribution in [0, 0.1) is 12.7 Å². The van der Waals surface area contributed by atoms with Crippen molar-refractivity contribution in [3.05, 3.63) is 65.6 Å². The van der Waals surface area contributed by atoms with E-state index in [0.29, 0.717) is 12.4 Å². The summed E-state index contributed by atoms with van der Waals surface area (Å²) in [5.74, 6) is 0.422. The van der Waals surface area contributed by atoms with E-state index < -0.39 is 0 Å². The number of aromatic nitrogens is 1. The maximum Gasteiger partial charge on any atom is 0.128 e. The van der Waals surface area contributed by atoms with Gasteiger partial charge >= 0.3 is 0 Å². The molecule has 3 heteroatoms. The first-order valence-electron chi connectivity index (χ1n) is 6.57. The van der Waals surface area contributed by atoms with Crippen LogP contribution in [0.4, 0.5) is 4.39 Å². The molecule has 0 amide bonds. The Kier molecular flexibility index (Phi) is 3.18.